The monoisotopic (exact) mass is 524 g/mol. The van der Waals surface area contributed by atoms with Crippen LogP contribution < -0.4 is 25.6 Å². The Hall–Kier alpha value is -2.29. The lowest BCUT2D eigenvalue weighted by molar-refractivity contribution is -0.134. The van der Waals surface area contributed by atoms with E-state index in [1.54, 1.807) is 16.8 Å². The molecule has 0 aliphatic carbocycles. The van der Waals surface area contributed by atoms with Gasteiger partial charge in [-0.25, -0.2) is 0 Å². The number of carbonyl (C=O) groups excluding carboxylic acids is 2. The van der Waals surface area contributed by atoms with Crippen LogP contribution in [-0.2, 0) is 31.0 Å². The van der Waals surface area contributed by atoms with Crippen molar-refractivity contribution in [3.63, 3.8) is 0 Å². The maximum atomic E-state index is 12.4. The summed E-state index contributed by atoms with van der Waals surface area (Å²) < 4.78 is 34.4. The lowest BCUT2D eigenvalue weighted by Crippen LogP contribution is -2.56. The van der Waals surface area contributed by atoms with Gasteiger partial charge in [0, 0.05) is 45.8 Å². The third-order valence-electron chi connectivity index (χ3n) is 6.97. The average Bonchev–Trinajstić information content (AvgIpc) is 3.09. The summed E-state index contributed by atoms with van der Waals surface area (Å²) in [5.41, 5.74) is 8.46. The first kappa shape index (κ1) is 26.8. The molecular formula is C23H36N6O6S. The van der Waals surface area contributed by atoms with Crippen molar-refractivity contribution in [2.75, 3.05) is 49.7 Å². The van der Waals surface area contributed by atoms with Gasteiger partial charge in [0.05, 0.1) is 18.0 Å². The standard InChI is InChI=1S/C23H36N6O6S/c1-27-21-16(4-2-6-18(21)29(23(27)32)19-7-8-20(30)26-22(19)31)5-3-14-35-15-11-25-36(33,34)28-12-9-17(24)10-13-28/h2,4,6,17,19,23,25,32H,3,5,7-15,24H2,1H3,(H,26,30,31). The van der Waals surface area contributed by atoms with Crippen LogP contribution in [0.15, 0.2) is 18.2 Å². The number of nitrogens with two attached hydrogens (primary N) is 1. The summed E-state index contributed by atoms with van der Waals surface area (Å²) >= 11 is 0. The van der Waals surface area contributed by atoms with Crippen molar-refractivity contribution in [3.05, 3.63) is 23.8 Å². The molecule has 13 heteroatoms. The zero-order valence-electron chi connectivity index (χ0n) is 20.6. The molecule has 12 nitrogen and oxygen atoms in total. The van der Waals surface area contributed by atoms with E-state index in [1.165, 1.54) is 4.31 Å². The molecule has 0 saturated carbocycles. The maximum absolute atomic E-state index is 12.4. The first-order chi connectivity index (χ1) is 17.2. The van der Waals surface area contributed by atoms with Gasteiger partial charge in [-0.1, -0.05) is 12.1 Å². The Morgan fingerprint density at radius 2 is 1.94 bits per heavy atom. The highest BCUT2D eigenvalue weighted by Crippen LogP contribution is 2.43. The third-order valence-corrected chi connectivity index (χ3v) is 8.59. The summed E-state index contributed by atoms with van der Waals surface area (Å²) in [6.07, 6.45) is 2.29. The Balaban J connectivity index is 1.25. The Bertz CT molecular complexity index is 1060. The van der Waals surface area contributed by atoms with Gasteiger partial charge in [0.2, 0.25) is 18.2 Å². The molecule has 4 rings (SSSR count). The Morgan fingerprint density at radius 1 is 1.19 bits per heavy atom. The first-order valence-corrected chi connectivity index (χ1v) is 13.9. The van der Waals surface area contributed by atoms with Gasteiger partial charge in [0.1, 0.15) is 6.04 Å². The van der Waals surface area contributed by atoms with E-state index >= 15 is 0 Å². The summed E-state index contributed by atoms with van der Waals surface area (Å²) in [6.45, 7) is 1.78. The SMILES string of the molecule is CN1c2c(CCCOCCNS(=O)(=O)N3CCC(N)CC3)cccc2N(C2CCC(=O)NC2=O)C1O. The van der Waals surface area contributed by atoms with Gasteiger partial charge in [0.15, 0.2) is 0 Å². The second-order valence-corrected chi connectivity index (χ2v) is 11.2. The number of hydrogen-bond acceptors (Lipinski definition) is 9. The Kier molecular flexibility index (Phi) is 8.48. The predicted octanol–water partition coefficient (Wildman–Crippen LogP) is -0.769. The van der Waals surface area contributed by atoms with Gasteiger partial charge in [-0.3, -0.25) is 14.9 Å². The molecule has 3 heterocycles. The predicted molar refractivity (Wildman–Crippen MR) is 134 cm³/mol. The van der Waals surface area contributed by atoms with E-state index in [0.717, 1.165) is 16.9 Å². The van der Waals surface area contributed by atoms with Gasteiger partial charge in [0.25, 0.3) is 10.2 Å². The van der Waals surface area contributed by atoms with E-state index in [2.05, 4.69) is 10.0 Å². The fraction of sp³-hybridized carbons (Fsp3) is 0.652. The molecule has 0 spiro atoms. The molecule has 1 aromatic carbocycles. The van der Waals surface area contributed by atoms with Crippen molar-refractivity contribution in [3.8, 4) is 0 Å². The zero-order valence-corrected chi connectivity index (χ0v) is 21.4. The first-order valence-electron chi connectivity index (χ1n) is 12.4. The number of rotatable bonds is 10. The van der Waals surface area contributed by atoms with Crippen LogP contribution in [0.1, 0.15) is 37.7 Å². The van der Waals surface area contributed by atoms with Gasteiger partial charge >= 0.3 is 0 Å². The highest BCUT2D eigenvalue weighted by molar-refractivity contribution is 7.87. The molecule has 1 aromatic rings. The molecule has 2 fully saturated rings. The van der Waals surface area contributed by atoms with Crippen LogP contribution in [0.2, 0.25) is 0 Å². The molecule has 2 amide bonds. The molecule has 0 aromatic heterocycles. The number of imide groups is 1. The third kappa shape index (κ3) is 5.82. The number of hydrogen-bond donors (Lipinski definition) is 4. The number of aryl methyl sites for hydroxylation is 1. The molecule has 0 bridgehead atoms. The fourth-order valence-electron chi connectivity index (χ4n) is 5.01. The second-order valence-electron chi connectivity index (χ2n) is 9.47. The van der Waals surface area contributed by atoms with Crippen LogP contribution >= 0.6 is 0 Å². The minimum absolute atomic E-state index is 0.0641. The number of nitrogens with one attached hydrogen (secondary N) is 2. The van der Waals surface area contributed by atoms with Crippen molar-refractivity contribution in [2.45, 2.75) is 57.0 Å². The molecule has 3 aliphatic rings. The Morgan fingerprint density at radius 3 is 2.67 bits per heavy atom. The number of aliphatic hydroxyl groups is 1. The van der Waals surface area contributed by atoms with E-state index in [0.29, 0.717) is 51.8 Å². The number of benzene rings is 1. The minimum Gasteiger partial charge on any atom is -0.380 e. The number of ether oxygens (including phenoxy) is 1. The van der Waals surface area contributed by atoms with Crippen LogP contribution in [0.25, 0.3) is 0 Å². The number of fused-ring (bicyclic) bond motifs is 1. The van der Waals surface area contributed by atoms with Crippen molar-refractivity contribution in [2.24, 2.45) is 5.73 Å². The topological polar surface area (TPSA) is 158 Å². The average molecular weight is 525 g/mol. The summed E-state index contributed by atoms with van der Waals surface area (Å²) in [5.74, 6) is -0.693. The number of amides is 2. The van der Waals surface area contributed by atoms with Crippen molar-refractivity contribution in [1.82, 2.24) is 14.3 Å². The molecule has 2 saturated heterocycles. The van der Waals surface area contributed by atoms with E-state index in [1.807, 2.05) is 18.2 Å². The van der Waals surface area contributed by atoms with Gasteiger partial charge in [-0.2, -0.15) is 17.4 Å². The highest BCUT2D eigenvalue weighted by Gasteiger charge is 2.42. The molecule has 36 heavy (non-hydrogen) atoms. The minimum atomic E-state index is -3.52. The number of piperidine rings is 2. The maximum Gasteiger partial charge on any atom is 0.279 e. The lowest BCUT2D eigenvalue weighted by atomic mass is 10.0. The molecule has 200 valence electrons. The number of para-hydroxylation sites is 1. The normalized spacial score (nSPS) is 23.8. The van der Waals surface area contributed by atoms with E-state index in [-0.39, 0.29) is 31.5 Å². The Labute approximate surface area is 211 Å². The fourth-order valence-corrected chi connectivity index (χ4v) is 6.23. The van der Waals surface area contributed by atoms with Crippen LogP contribution in [-0.4, -0.2) is 88.0 Å². The summed E-state index contributed by atoms with van der Waals surface area (Å²) in [5, 5.41) is 13.2. The number of anilines is 2. The van der Waals surface area contributed by atoms with E-state index < -0.39 is 28.5 Å². The van der Waals surface area contributed by atoms with E-state index in [9.17, 15) is 23.1 Å². The number of aliphatic hydroxyl groups excluding tert-OH is 1. The summed E-state index contributed by atoms with van der Waals surface area (Å²) in [7, 11) is -1.74. The summed E-state index contributed by atoms with van der Waals surface area (Å²) in [4.78, 5) is 27.4. The molecule has 5 N–H and O–H groups in total. The van der Waals surface area contributed by atoms with Gasteiger partial charge in [-0.05, 0) is 43.7 Å². The molecule has 3 aliphatic heterocycles. The molecule has 0 radical (unpaired) electrons. The van der Waals surface area contributed by atoms with Gasteiger partial charge < -0.3 is 25.4 Å². The number of carbonyl (C=O) groups is 2. The van der Waals surface area contributed by atoms with Gasteiger partial charge in [-0.15, -0.1) is 0 Å². The molecule has 2 unspecified atom stereocenters. The largest absolute Gasteiger partial charge is 0.380 e. The number of nitrogens with zero attached hydrogens (tertiary/aromatic N) is 3. The zero-order chi connectivity index (χ0) is 25.9. The van der Waals surface area contributed by atoms with Crippen molar-refractivity contribution >= 4 is 33.4 Å². The van der Waals surface area contributed by atoms with Crippen LogP contribution in [0.3, 0.4) is 0 Å². The van der Waals surface area contributed by atoms with Crippen LogP contribution in [0.4, 0.5) is 11.4 Å². The second kappa shape index (κ2) is 11.4. The van der Waals surface area contributed by atoms with E-state index in [4.69, 9.17) is 10.5 Å². The quantitative estimate of drug-likeness (QED) is 0.228. The molecular weight excluding hydrogens is 488 g/mol. The smallest absolute Gasteiger partial charge is 0.279 e. The highest BCUT2D eigenvalue weighted by atomic mass is 32.2. The molecule has 2 atom stereocenters. The van der Waals surface area contributed by atoms with Crippen LogP contribution in [0, 0.1) is 0 Å². The summed E-state index contributed by atoms with van der Waals surface area (Å²) in [6, 6.07) is 5.18. The van der Waals surface area contributed by atoms with Crippen LogP contribution in [0.5, 0.6) is 0 Å². The van der Waals surface area contributed by atoms with Crippen molar-refractivity contribution < 1.29 is 27.9 Å². The van der Waals surface area contributed by atoms with Crippen molar-refractivity contribution in [1.29, 1.82) is 0 Å². The lowest BCUT2D eigenvalue weighted by Gasteiger charge is -2.34.